The van der Waals surface area contributed by atoms with E-state index in [1.54, 1.807) is 0 Å². The van der Waals surface area contributed by atoms with Crippen LogP contribution in [0.4, 0.5) is 0 Å². The second-order valence-corrected chi connectivity index (χ2v) is 7.67. The first-order valence-electron chi connectivity index (χ1n) is 8.85. The van der Waals surface area contributed by atoms with E-state index < -0.39 is 5.60 Å². The third-order valence-electron chi connectivity index (χ3n) is 5.76. The van der Waals surface area contributed by atoms with E-state index in [-0.39, 0.29) is 0 Å². The summed E-state index contributed by atoms with van der Waals surface area (Å²) in [6.45, 7) is 7.80. The van der Waals surface area contributed by atoms with E-state index >= 15 is 0 Å². The minimum atomic E-state index is -0.446. The number of likely N-dealkylation sites (tertiary alicyclic amines) is 1. The van der Waals surface area contributed by atoms with Crippen LogP contribution in [0.15, 0.2) is 18.2 Å². The summed E-state index contributed by atoms with van der Waals surface area (Å²) < 4.78 is 5.88. The van der Waals surface area contributed by atoms with Gasteiger partial charge in [0.2, 0.25) is 0 Å². The minimum absolute atomic E-state index is 0.434. The van der Waals surface area contributed by atoms with E-state index in [1.165, 1.54) is 6.42 Å². The third kappa shape index (κ3) is 3.67. The number of fused-ring (bicyclic) bond motifs is 1. The van der Waals surface area contributed by atoms with Crippen LogP contribution in [-0.2, 0) is 0 Å². The Morgan fingerprint density at radius 3 is 3.00 bits per heavy atom. The lowest BCUT2D eigenvalue weighted by molar-refractivity contribution is -0.0613. The van der Waals surface area contributed by atoms with E-state index in [0.717, 1.165) is 50.2 Å². The van der Waals surface area contributed by atoms with Crippen molar-refractivity contribution in [3.63, 3.8) is 0 Å². The van der Waals surface area contributed by atoms with Crippen LogP contribution in [0.2, 0.25) is 5.02 Å². The molecule has 1 aliphatic carbocycles. The monoisotopic (exact) mass is 337 g/mol. The van der Waals surface area contributed by atoms with Crippen molar-refractivity contribution in [2.24, 2.45) is 11.8 Å². The molecule has 3 rings (SSSR count). The van der Waals surface area contributed by atoms with Gasteiger partial charge in [0.1, 0.15) is 12.4 Å². The average molecular weight is 338 g/mol. The highest BCUT2D eigenvalue weighted by molar-refractivity contribution is 6.32. The first-order valence-corrected chi connectivity index (χ1v) is 9.23. The molecular formula is C19H28ClNO2. The lowest BCUT2D eigenvalue weighted by Gasteiger charge is -2.40. The van der Waals surface area contributed by atoms with Crippen LogP contribution in [0.1, 0.15) is 38.2 Å². The Labute approximate surface area is 144 Å². The number of rotatable bonds is 5. The molecule has 3 nitrogen and oxygen atoms in total. The predicted molar refractivity (Wildman–Crippen MR) is 94.2 cm³/mol. The quantitative estimate of drug-likeness (QED) is 0.884. The lowest BCUT2D eigenvalue weighted by Crippen LogP contribution is -2.44. The SMILES string of the molecule is CC[C@]1(O)CCC[C@H]2CN(CCOc3cc(C)ccc3Cl)C[C@H]21. The van der Waals surface area contributed by atoms with Crippen molar-refractivity contribution in [2.75, 3.05) is 26.2 Å². The molecule has 0 unspecified atom stereocenters. The summed E-state index contributed by atoms with van der Waals surface area (Å²) in [6, 6.07) is 5.87. The Bertz CT molecular complexity index is 550. The molecule has 0 bridgehead atoms. The highest BCUT2D eigenvalue weighted by Gasteiger charge is 2.47. The second kappa shape index (κ2) is 7.00. The van der Waals surface area contributed by atoms with Gasteiger partial charge in [-0.1, -0.05) is 31.0 Å². The molecule has 2 fully saturated rings. The molecular weight excluding hydrogens is 310 g/mol. The molecule has 0 spiro atoms. The van der Waals surface area contributed by atoms with Crippen molar-refractivity contribution < 1.29 is 9.84 Å². The Morgan fingerprint density at radius 1 is 1.39 bits per heavy atom. The first kappa shape index (κ1) is 17.1. The molecule has 2 aliphatic rings. The molecule has 1 aliphatic heterocycles. The molecule has 0 amide bonds. The maximum absolute atomic E-state index is 10.9. The summed E-state index contributed by atoms with van der Waals surface area (Å²) >= 11 is 6.18. The summed E-state index contributed by atoms with van der Waals surface area (Å²) in [5, 5.41) is 11.5. The predicted octanol–water partition coefficient (Wildman–Crippen LogP) is 3.90. The molecule has 0 aromatic heterocycles. The summed E-state index contributed by atoms with van der Waals surface area (Å²) in [4.78, 5) is 2.45. The zero-order valence-corrected chi connectivity index (χ0v) is 15.0. The number of nitrogens with zero attached hydrogens (tertiary/aromatic N) is 1. The number of aryl methyl sites for hydroxylation is 1. The summed E-state index contributed by atoms with van der Waals surface area (Å²) in [6.07, 6.45) is 4.26. The Balaban J connectivity index is 1.53. The Hall–Kier alpha value is -0.770. The molecule has 1 saturated carbocycles. The van der Waals surface area contributed by atoms with Crippen LogP contribution in [0.5, 0.6) is 5.75 Å². The van der Waals surface area contributed by atoms with Gasteiger partial charge in [-0.05, 0) is 49.8 Å². The van der Waals surface area contributed by atoms with Gasteiger partial charge in [-0.15, -0.1) is 0 Å². The summed E-state index contributed by atoms with van der Waals surface area (Å²) in [5.74, 6) is 1.86. The standard InChI is InChI=1S/C19H28ClNO2/c1-3-19(22)8-4-5-15-12-21(13-16(15)19)9-10-23-18-11-14(2)6-7-17(18)20/h6-7,11,15-16,22H,3-5,8-10,12-13H2,1-2H3/t15-,16+,19-/m0/s1. The van der Waals surface area contributed by atoms with Crippen molar-refractivity contribution in [1.29, 1.82) is 0 Å². The molecule has 4 heteroatoms. The van der Waals surface area contributed by atoms with Gasteiger partial charge in [-0.25, -0.2) is 0 Å². The van der Waals surface area contributed by atoms with Crippen LogP contribution in [0, 0.1) is 18.8 Å². The summed E-state index contributed by atoms with van der Waals surface area (Å²) in [5.41, 5.74) is 0.711. The van der Waals surface area contributed by atoms with Crippen molar-refractivity contribution >= 4 is 11.6 Å². The van der Waals surface area contributed by atoms with Crippen molar-refractivity contribution in [2.45, 2.75) is 45.1 Å². The molecule has 128 valence electrons. The van der Waals surface area contributed by atoms with E-state index in [0.29, 0.717) is 23.5 Å². The highest BCUT2D eigenvalue weighted by Crippen LogP contribution is 2.44. The van der Waals surface area contributed by atoms with Crippen LogP contribution in [0.25, 0.3) is 0 Å². The Kier molecular flexibility index (Phi) is 5.19. The van der Waals surface area contributed by atoms with Crippen LogP contribution >= 0.6 is 11.6 Å². The number of hydrogen-bond donors (Lipinski definition) is 1. The van der Waals surface area contributed by atoms with E-state index in [2.05, 4.69) is 11.8 Å². The van der Waals surface area contributed by atoms with Gasteiger partial charge in [0.15, 0.2) is 0 Å². The van der Waals surface area contributed by atoms with E-state index in [4.69, 9.17) is 16.3 Å². The lowest BCUT2D eigenvalue weighted by atomic mass is 9.69. The molecule has 3 atom stereocenters. The van der Waals surface area contributed by atoms with Crippen LogP contribution in [-0.4, -0.2) is 41.8 Å². The third-order valence-corrected chi connectivity index (χ3v) is 6.07. The maximum Gasteiger partial charge on any atom is 0.138 e. The second-order valence-electron chi connectivity index (χ2n) is 7.26. The molecule has 1 N–H and O–H groups in total. The van der Waals surface area contributed by atoms with Crippen molar-refractivity contribution in [3.05, 3.63) is 28.8 Å². The Morgan fingerprint density at radius 2 is 2.22 bits per heavy atom. The zero-order valence-electron chi connectivity index (χ0n) is 14.2. The van der Waals surface area contributed by atoms with E-state index in [9.17, 15) is 5.11 Å². The molecule has 1 aromatic carbocycles. The number of benzene rings is 1. The number of halogens is 1. The van der Waals surface area contributed by atoms with Gasteiger partial charge in [-0.3, -0.25) is 4.90 Å². The van der Waals surface area contributed by atoms with Gasteiger partial charge in [0.05, 0.1) is 10.6 Å². The smallest absolute Gasteiger partial charge is 0.138 e. The fraction of sp³-hybridized carbons (Fsp3) is 0.684. The van der Waals surface area contributed by atoms with Crippen LogP contribution in [0.3, 0.4) is 0 Å². The van der Waals surface area contributed by atoms with Crippen molar-refractivity contribution in [1.82, 2.24) is 4.90 Å². The number of ether oxygens (including phenoxy) is 1. The topological polar surface area (TPSA) is 32.7 Å². The maximum atomic E-state index is 10.9. The molecule has 1 saturated heterocycles. The normalized spacial score (nSPS) is 31.1. The largest absolute Gasteiger partial charge is 0.491 e. The summed E-state index contributed by atoms with van der Waals surface area (Å²) in [7, 11) is 0. The fourth-order valence-corrected chi connectivity index (χ4v) is 4.52. The molecule has 0 radical (unpaired) electrons. The van der Waals surface area contributed by atoms with Gasteiger partial charge in [0, 0.05) is 25.6 Å². The first-order chi connectivity index (χ1) is 11.0. The molecule has 23 heavy (non-hydrogen) atoms. The van der Waals surface area contributed by atoms with Gasteiger partial charge in [-0.2, -0.15) is 0 Å². The van der Waals surface area contributed by atoms with Gasteiger partial charge < -0.3 is 9.84 Å². The zero-order chi connectivity index (χ0) is 16.4. The molecule has 1 aromatic rings. The average Bonchev–Trinajstić information content (AvgIpc) is 2.95. The number of hydrogen-bond acceptors (Lipinski definition) is 3. The van der Waals surface area contributed by atoms with Gasteiger partial charge in [0.25, 0.3) is 0 Å². The van der Waals surface area contributed by atoms with E-state index in [1.807, 2.05) is 25.1 Å². The van der Waals surface area contributed by atoms with Crippen LogP contribution < -0.4 is 4.74 Å². The van der Waals surface area contributed by atoms with Crippen molar-refractivity contribution in [3.8, 4) is 5.75 Å². The highest BCUT2D eigenvalue weighted by atomic mass is 35.5. The van der Waals surface area contributed by atoms with Gasteiger partial charge >= 0.3 is 0 Å². The fourth-order valence-electron chi connectivity index (χ4n) is 4.34. The molecule has 1 heterocycles. The number of aliphatic hydroxyl groups is 1. The minimum Gasteiger partial charge on any atom is -0.491 e.